The van der Waals surface area contributed by atoms with Crippen LogP contribution in [-0.4, -0.2) is 22.8 Å². The highest BCUT2D eigenvalue weighted by molar-refractivity contribution is 9.09. The summed E-state index contributed by atoms with van der Waals surface area (Å²) < 4.78 is 0. The van der Waals surface area contributed by atoms with E-state index in [2.05, 4.69) is 52.9 Å². The van der Waals surface area contributed by atoms with Gasteiger partial charge in [-0.15, -0.1) is 0 Å². The highest BCUT2D eigenvalue weighted by Gasteiger charge is 2.16. The summed E-state index contributed by atoms with van der Waals surface area (Å²) in [4.78, 5) is 3.30. The first-order valence-electron chi connectivity index (χ1n) is 6.07. The van der Waals surface area contributed by atoms with Gasteiger partial charge in [-0.05, 0) is 56.5 Å². The summed E-state index contributed by atoms with van der Waals surface area (Å²) in [6.45, 7) is 7.94. The molecule has 16 heavy (non-hydrogen) atoms. The Morgan fingerprint density at radius 3 is 2.50 bits per heavy atom. The maximum atomic E-state index is 3.70. The van der Waals surface area contributed by atoms with E-state index in [0.29, 0.717) is 0 Å². The second-order valence-electron chi connectivity index (χ2n) is 4.87. The zero-order valence-electron chi connectivity index (χ0n) is 10.2. The van der Waals surface area contributed by atoms with Crippen molar-refractivity contribution in [1.82, 2.24) is 4.90 Å². The Balaban J connectivity index is 1.96. The van der Waals surface area contributed by atoms with Gasteiger partial charge in [-0.2, -0.15) is 0 Å². The summed E-state index contributed by atoms with van der Waals surface area (Å²) in [5, 5.41) is 0. The van der Waals surface area contributed by atoms with Crippen LogP contribution in [0, 0.1) is 13.8 Å². The van der Waals surface area contributed by atoms with Crippen molar-refractivity contribution in [2.45, 2.75) is 38.1 Å². The highest BCUT2D eigenvalue weighted by atomic mass is 79.9. The van der Waals surface area contributed by atoms with Gasteiger partial charge in [-0.25, -0.2) is 0 Å². The predicted octanol–water partition coefficient (Wildman–Crippen LogP) is 3.66. The Morgan fingerprint density at radius 1 is 1.19 bits per heavy atom. The number of alkyl halides is 1. The Kier molecular flexibility index (Phi) is 4.04. The second-order valence-corrected chi connectivity index (χ2v) is 6.16. The molecule has 0 N–H and O–H groups in total. The number of aryl methyl sites for hydroxylation is 2. The standard InChI is InChI=1S/C14H20BrN/c1-11-3-4-13(9-12(11)2)10-16-7-5-14(15)6-8-16/h3-4,9,14H,5-8,10H2,1-2H3. The van der Waals surface area contributed by atoms with Crippen LogP contribution in [0.5, 0.6) is 0 Å². The lowest BCUT2D eigenvalue weighted by Crippen LogP contribution is -2.33. The van der Waals surface area contributed by atoms with Gasteiger partial charge in [0.2, 0.25) is 0 Å². The van der Waals surface area contributed by atoms with E-state index in [4.69, 9.17) is 0 Å². The van der Waals surface area contributed by atoms with Gasteiger partial charge < -0.3 is 0 Å². The predicted molar refractivity (Wildman–Crippen MR) is 73.1 cm³/mol. The van der Waals surface area contributed by atoms with Crippen LogP contribution in [0.1, 0.15) is 29.5 Å². The highest BCUT2D eigenvalue weighted by Crippen LogP contribution is 2.19. The molecular weight excluding hydrogens is 262 g/mol. The van der Waals surface area contributed by atoms with E-state index in [9.17, 15) is 0 Å². The molecule has 0 aromatic heterocycles. The zero-order valence-corrected chi connectivity index (χ0v) is 11.8. The molecule has 1 nitrogen and oxygen atoms in total. The molecule has 0 unspecified atom stereocenters. The van der Waals surface area contributed by atoms with E-state index >= 15 is 0 Å². The largest absolute Gasteiger partial charge is 0.299 e. The molecule has 1 heterocycles. The third-order valence-corrected chi connectivity index (χ3v) is 4.41. The topological polar surface area (TPSA) is 3.24 Å². The van der Waals surface area contributed by atoms with Gasteiger partial charge in [0.15, 0.2) is 0 Å². The van der Waals surface area contributed by atoms with E-state index in [-0.39, 0.29) is 0 Å². The van der Waals surface area contributed by atoms with Crippen LogP contribution in [0.2, 0.25) is 0 Å². The quantitative estimate of drug-likeness (QED) is 0.748. The fourth-order valence-corrected chi connectivity index (χ4v) is 2.63. The van der Waals surface area contributed by atoms with Crippen LogP contribution >= 0.6 is 15.9 Å². The molecule has 0 atom stereocenters. The molecule has 2 heteroatoms. The minimum Gasteiger partial charge on any atom is -0.299 e. The van der Waals surface area contributed by atoms with Gasteiger partial charge in [-0.1, -0.05) is 34.1 Å². The van der Waals surface area contributed by atoms with Gasteiger partial charge >= 0.3 is 0 Å². The lowest BCUT2D eigenvalue weighted by Gasteiger charge is -2.29. The molecule has 1 aliphatic rings. The van der Waals surface area contributed by atoms with Crippen molar-refractivity contribution in [3.63, 3.8) is 0 Å². The normalized spacial score (nSPS) is 18.9. The van der Waals surface area contributed by atoms with Crippen molar-refractivity contribution in [3.8, 4) is 0 Å². The fraction of sp³-hybridized carbons (Fsp3) is 0.571. The van der Waals surface area contributed by atoms with Crippen LogP contribution in [0.3, 0.4) is 0 Å². The third kappa shape index (κ3) is 3.08. The van der Waals surface area contributed by atoms with Gasteiger partial charge in [0.25, 0.3) is 0 Å². The van der Waals surface area contributed by atoms with Crippen molar-refractivity contribution in [2.24, 2.45) is 0 Å². The molecule has 0 aliphatic carbocycles. The maximum Gasteiger partial charge on any atom is 0.0233 e. The number of benzene rings is 1. The van der Waals surface area contributed by atoms with Crippen molar-refractivity contribution in [2.75, 3.05) is 13.1 Å². The van der Waals surface area contributed by atoms with Gasteiger partial charge in [0.05, 0.1) is 0 Å². The Morgan fingerprint density at radius 2 is 1.88 bits per heavy atom. The molecule has 1 aliphatic heterocycles. The molecule has 1 saturated heterocycles. The van der Waals surface area contributed by atoms with E-state index in [1.54, 1.807) is 0 Å². The molecule has 0 spiro atoms. The van der Waals surface area contributed by atoms with Gasteiger partial charge in [-0.3, -0.25) is 4.90 Å². The summed E-state index contributed by atoms with van der Waals surface area (Å²) in [5.74, 6) is 0. The number of hydrogen-bond donors (Lipinski definition) is 0. The number of halogens is 1. The third-order valence-electron chi connectivity index (χ3n) is 3.49. The van der Waals surface area contributed by atoms with Crippen LogP contribution in [0.25, 0.3) is 0 Å². The maximum absolute atomic E-state index is 3.70. The second kappa shape index (κ2) is 5.33. The molecule has 0 saturated carbocycles. The average molecular weight is 282 g/mol. The first-order valence-corrected chi connectivity index (χ1v) is 6.99. The summed E-state index contributed by atoms with van der Waals surface area (Å²) in [5.41, 5.74) is 4.26. The van der Waals surface area contributed by atoms with Crippen LogP contribution in [0.4, 0.5) is 0 Å². The number of hydrogen-bond acceptors (Lipinski definition) is 1. The van der Waals surface area contributed by atoms with Crippen LogP contribution in [-0.2, 0) is 6.54 Å². The summed E-state index contributed by atoms with van der Waals surface area (Å²) >= 11 is 3.70. The van der Waals surface area contributed by atoms with Crippen molar-refractivity contribution in [3.05, 3.63) is 34.9 Å². The van der Waals surface area contributed by atoms with E-state index in [1.807, 2.05) is 0 Å². The molecular formula is C14H20BrN. The molecule has 0 radical (unpaired) electrons. The smallest absolute Gasteiger partial charge is 0.0233 e. The summed E-state index contributed by atoms with van der Waals surface area (Å²) in [6.07, 6.45) is 2.57. The van der Waals surface area contributed by atoms with E-state index in [0.717, 1.165) is 11.4 Å². The van der Waals surface area contributed by atoms with Crippen molar-refractivity contribution in [1.29, 1.82) is 0 Å². The summed E-state index contributed by atoms with van der Waals surface area (Å²) in [7, 11) is 0. The Labute approximate surface area is 107 Å². The van der Waals surface area contributed by atoms with Gasteiger partial charge in [0, 0.05) is 11.4 Å². The van der Waals surface area contributed by atoms with Gasteiger partial charge in [0.1, 0.15) is 0 Å². The monoisotopic (exact) mass is 281 g/mol. The molecule has 1 aromatic rings. The molecule has 1 fully saturated rings. The molecule has 1 aromatic carbocycles. The fourth-order valence-electron chi connectivity index (χ4n) is 2.22. The minimum absolute atomic E-state index is 0.739. The first kappa shape index (κ1) is 12.1. The zero-order chi connectivity index (χ0) is 11.5. The Hall–Kier alpha value is -0.340. The molecule has 0 bridgehead atoms. The van der Waals surface area contributed by atoms with Crippen molar-refractivity contribution < 1.29 is 0 Å². The number of likely N-dealkylation sites (tertiary alicyclic amines) is 1. The number of piperidine rings is 1. The number of nitrogens with zero attached hydrogens (tertiary/aromatic N) is 1. The SMILES string of the molecule is Cc1ccc(CN2CCC(Br)CC2)cc1C. The average Bonchev–Trinajstić information content (AvgIpc) is 2.27. The van der Waals surface area contributed by atoms with E-state index in [1.165, 1.54) is 42.6 Å². The Bertz CT molecular complexity index is 354. The van der Waals surface area contributed by atoms with Crippen LogP contribution < -0.4 is 0 Å². The van der Waals surface area contributed by atoms with Crippen molar-refractivity contribution >= 4 is 15.9 Å². The molecule has 0 amide bonds. The summed E-state index contributed by atoms with van der Waals surface area (Å²) in [6, 6.07) is 6.83. The molecule has 2 rings (SSSR count). The lowest BCUT2D eigenvalue weighted by atomic mass is 10.0. The van der Waals surface area contributed by atoms with E-state index < -0.39 is 0 Å². The number of rotatable bonds is 2. The minimum atomic E-state index is 0.739. The molecule has 88 valence electrons. The first-order chi connectivity index (χ1) is 7.65. The van der Waals surface area contributed by atoms with Crippen LogP contribution in [0.15, 0.2) is 18.2 Å². The lowest BCUT2D eigenvalue weighted by molar-refractivity contribution is 0.226.